The van der Waals surface area contributed by atoms with Crippen molar-refractivity contribution in [1.29, 1.82) is 0 Å². The first-order valence-electron chi connectivity index (χ1n) is 9.19. The first-order chi connectivity index (χ1) is 14.4. The number of amides is 1. The maximum absolute atomic E-state index is 12.1. The van der Waals surface area contributed by atoms with Crippen LogP contribution in [0.5, 0.6) is 11.5 Å². The van der Waals surface area contributed by atoms with Gasteiger partial charge in [-0.15, -0.1) is 0 Å². The number of esters is 1. The maximum Gasteiger partial charge on any atom is 0.338 e. The predicted molar refractivity (Wildman–Crippen MR) is 107 cm³/mol. The van der Waals surface area contributed by atoms with Crippen LogP contribution in [0.4, 0.5) is 5.69 Å². The van der Waals surface area contributed by atoms with Gasteiger partial charge in [0.05, 0.1) is 16.6 Å². The van der Waals surface area contributed by atoms with Gasteiger partial charge in [-0.1, -0.05) is 11.6 Å². The summed E-state index contributed by atoms with van der Waals surface area (Å²) in [6, 6.07) is 9.84. The topological polar surface area (TPSA) is 117 Å². The van der Waals surface area contributed by atoms with Crippen LogP contribution in [0.25, 0.3) is 0 Å². The molecule has 1 amide bonds. The fourth-order valence-corrected chi connectivity index (χ4v) is 2.97. The fraction of sp³-hybridized carbons (Fsp3) is 0.300. The van der Waals surface area contributed by atoms with Gasteiger partial charge in [-0.2, -0.15) is 0 Å². The first kappa shape index (κ1) is 21.5. The van der Waals surface area contributed by atoms with E-state index in [0.29, 0.717) is 13.2 Å². The number of hydrogen-bond donors (Lipinski definition) is 1. The molecule has 1 saturated heterocycles. The molecule has 1 heterocycles. The quantitative estimate of drug-likeness (QED) is 0.384. The van der Waals surface area contributed by atoms with Crippen molar-refractivity contribution in [1.82, 2.24) is 5.32 Å². The minimum atomic E-state index is -0.675. The minimum Gasteiger partial charge on any atom is -0.452 e. The lowest BCUT2D eigenvalue weighted by atomic mass is 10.2. The van der Waals surface area contributed by atoms with Crippen molar-refractivity contribution in [3.05, 3.63) is 63.2 Å². The third kappa shape index (κ3) is 5.91. The van der Waals surface area contributed by atoms with Crippen molar-refractivity contribution >= 4 is 29.2 Å². The number of nitro groups is 1. The highest BCUT2D eigenvalue weighted by Crippen LogP contribution is 2.33. The van der Waals surface area contributed by atoms with E-state index in [2.05, 4.69) is 5.32 Å². The smallest absolute Gasteiger partial charge is 0.338 e. The number of nitrogens with one attached hydrogen (secondary N) is 1. The Morgan fingerprint density at radius 1 is 1.23 bits per heavy atom. The fourth-order valence-electron chi connectivity index (χ4n) is 2.80. The van der Waals surface area contributed by atoms with Crippen molar-refractivity contribution in [3.63, 3.8) is 0 Å². The van der Waals surface area contributed by atoms with Crippen molar-refractivity contribution in [2.24, 2.45) is 0 Å². The molecule has 10 heteroatoms. The summed E-state index contributed by atoms with van der Waals surface area (Å²) in [6.07, 6.45) is 1.88. The van der Waals surface area contributed by atoms with Gasteiger partial charge >= 0.3 is 11.7 Å². The Hall–Kier alpha value is -3.17. The minimum absolute atomic E-state index is 0.00802. The molecular weight excluding hydrogens is 416 g/mol. The van der Waals surface area contributed by atoms with Crippen LogP contribution in [0.2, 0.25) is 5.02 Å². The molecule has 1 aliphatic heterocycles. The number of carbonyl (C=O) groups excluding carboxylic acids is 2. The second-order valence-electron chi connectivity index (χ2n) is 6.51. The molecule has 158 valence electrons. The Balaban J connectivity index is 1.52. The van der Waals surface area contributed by atoms with Gasteiger partial charge in [0.25, 0.3) is 5.91 Å². The van der Waals surface area contributed by atoms with E-state index >= 15 is 0 Å². The molecule has 2 aromatic carbocycles. The molecule has 0 aromatic heterocycles. The molecule has 0 aliphatic carbocycles. The highest BCUT2D eigenvalue weighted by molar-refractivity contribution is 6.30. The number of benzene rings is 2. The average molecular weight is 435 g/mol. The second kappa shape index (κ2) is 10.0. The summed E-state index contributed by atoms with van der Waals surface area (Å²) in [5.41, 5.74) is -0.0696. The number of halogens is 1. The number of ether oxygens (including phenoxy) is 3. The largest absolute Gasteiger partial charge is 0.452 e. The molecule has 1 atom stereocenters. The van der Waals surface area contributed by atoms with E-state index < -0.39 is 23.4 Å². The Labute approximate surface area is 177 Å². The van der Waals surface area contributed by atoms with Gasteiger partial charge in [-0.25, -0.2) is 4.79 Å². The van der Waals surface area contributed by atoms with Crippen LogP contribution < -0.4 is 10.1 Å². The standard InChI is InChI=1S/C20H19ClN2O7/c21-14-5-8-18(17(10-14)23(26)27)30-15-6-3-13(4-7-15)20(25)29-12-19(24)22-11-16-2-1-9-28-16/h3-8,10,16H,1-2,9,11-12H2,(H,22,24)/t16-/m0/s1. The summed E-state index contributed by atoms with van der Waals surface area (Å²) in [5.74, 6) is -0.783. The summed E-state index contributed by atoms with van der Waals surface area (Å²) < 4.78 is 15.9. The van der Waals surface area contributed by atoms with Gasteiger partial charge in [0.15, 0.2) is 6.61 Å². The van der Waals surface area contributed by atoms with Crippen LogP contribution in [0.15, 0.2) is 42.5 Å². The lowest BCUT2D eigenvalue weighted by molar-refractivity contribution is -0.385. The third-order valence-corrected chi connectivity index (χ3v) is 4.56. The number of carbonyl (C=O) groups is 2. The molecule has 0 unspecified atom stereocenters. The van der Waals surface area contributed by atoms with Crippen LogP contribution in [0.3, 0.4) is 0 Å². The summed E-state index contributed by atoms with van der Waals surface area (Å²) in [6.45, 7) is 0.681. The van der Waals surface area contributed by atoms with E-state index in [0.717, 1.165) is 12.8 Å². The van der Waals surface area contributed by atoms with Crippen LogP contribution in [-0.2, 0) is 14.3 Å². The molecule has 1 fully saturated rings. The molecule has 0 spiro atoms. The Morgan fingerprint density at radius 2 is 2.00 bits per heavy atom. The lowest BCUT2D eigenvalue weighted by Crippen LogP contribution is -2.34. The zero-order valence-electron chi connectivity index (χ0n) is 15.8. The molecule has 0 bridgehead atoms. The van der Waals surface area contributed by atoms with E-state index in [9.17, 15) is 19.7 Å². The average Bonchev–Trinajstić information content (AvgIpc) is 3.26. The number of nitro benzene ring substituents is 1. The molecular formula is C20H19ClN2O7. The van der Waals surface area contributed by atoms with E-state index in [1.54, 1.807) is 0 Å². The van der Waals surface area contributed by atoms with Crippen LogP contribution in [0, 0.1) is 10.1 Å². The summed E-state index contributed by atoms with van der Waals surface area (Å²) in [7, 11) is 0. The molecule has 9 nitrogen and oxygen atoms in total. The highest BCUT2D eigenvalue weighted by Gasteiger charge is 2.18. The van der Waals surface area contributed by atoms with E-state index in [4.69, 9.17) is 25.8 Å². The van der Waals surface area contributed by atoms with E-state index in [1.807, 2.05) is 0 Å². The Bertz CT molecular complexity index is 927. The molecule has 2 aromatic rings. The molecule has 0 saturated carbocycles. The molecule has 30 heavy (non-hydrogen) atoms. The van der Waals surface area contributed by atoms with Crippen LogP contribution in [-0.4, -0.2) is 42.7 Å². The molecule has 1 N–H and O–H groups in total. The number of hydrogen-bond acceptors (Lipinski definition) is 7. The summed E-state index contributed by atoms with van der Waals surface area (Å²) >= 11 is 5.78. The van der Waals surface area contributed by atoms with Crippen LogP contribution in [0.1, 0.15) is 23.2 Å². The Kier molecular flexibility index (Phi) is 7.21. The zero-order chi connectivity index (χ0) is 21.5. The van der Waals surface area contributed by atoms with Gasteiger partial charge in [0.2, 0.25) is 5.75 Å². The SMILES string of the molecule is O=C(COC(=O)c1ccc(Oc2ccc(Cl)cc2[N+](=O)[O-])cc1)NC[C@@H]1CCCO1. The Morgan fingerprint density at radius 3 is 2.67 bits per heavy atom. The number of rotatable bonds is 8. The van der Waals surface area contributed by atoms with E-state index in [1.165, 1.54) is 42.5 Å². The van der Waals surface area contributed by atoms with Gasteiger partial charge < -0.3 is 19.5 Å². The molecule has 1 aliphatic rings. The van der Waals surface area contributed by atoms with Gasteiger partial charge in [-0.05, 0) is 49.2 Å². The molecule has 0 radical (unpaired) electrons. The van der Waals surface area contributed by atoms with Gasteiger partial charge in [0.1, 0.15) is 5.75 Å². The first-order valence-corrected chi connectivity index (χ1v) is 9.57. The summed E-state index contributed by atoms with van der Waals surface area (Å²) in [4.78, 5) is 34.4. The maximum atomic E-state index is 12.1. The predicted octanol–water partition coefficient (Wildman–Crippen LogP) is 3.49. The van der Waals surface area contributed by atoms with Crippen molar-refractivity contribution < 1.29 is 28.7 Å². The third-order valence-electron chi connectivity index (χ3n) is 4.32. The highest BCUT2D eigenvalue weighted by atomic mass is 35.5. The molecule has 3 rings (SSSR count). The van der Waals surface area contributed by atoms with Crippen LogP contribution >= 0.6 is 11.6 Å². The summed E-state index contributed by atoms with van der Waals surface area (Å²) in [5, 5.41) is 14.0. The van der Waals surface area contributed by atoms with Gasteiger partial charge in [0, 0.05) is 24.2 Å². The van der Waals surface area contributed by atoms with Crippen molar-refractivity contribution in [2.45, 2.75) is 18.9 Å². The normalized spacial score (nSPS) is 15.4. The number of nitrogens with zero attached hydrogens (tertiary/aromatic N) is 1. The lowest BCUT2D eigenvalue weighted by Gasteiger charge is -2.11. The zero-order valence-corrected chi connectivity index (χ0v) is 16.6. The van der Waals surface area contributed by atoms with Gasteiger partial charge in [-0.3, -0.25) is 14.9 Å². The second-order valence-corrected chi connectivity index (χ2v) is 6.95. The van der Waals surface area contributed by atoms with E-state index in [-0.39, 0.29) is 33.9 Å². The monoisotopic (exact) mass is 434 g/mol. The van der Waals surface area contributed by atoms with Crippen molar-refractivity contribution in [2.75, 3.05) is 19.8 Å². The van der Waals surface area contributed by atoms with Crippen molar-refractivity contribution in [3.8, 4) is 11.5 Å².